The van der Waals surface area contributed by atoms with Crippen molar-refractivity contribution in [3.8, 4) is 11.4 Å². The fourth-order valence-electron chi connectivity index (χ4n) is 2.16. The standard InChI is InChI=1S/C14H21N5O2/c1-4-6-7-8-19-13(11-9-15-10-18(11)3)12(16-17-19)14(20)21-5-2/h9-10H,4-8H2,1-3H3. The van der Waals surface area contributed by atoms with E-state index in [0.717, 1.165) is 31.5 Å². The molecular weight excluding hydrogens is 270 g/mol. The van der Waals surface area contributed by atoms with Gasteiger partial charge in [-0.15, -0.1) is 5.10 Å². The predicted octanol–water partition coefficient (Wildman–Crippen LogP) is 2.05. The zero-order valence-electron chi connectivity index (χ0n) is 12.7. The first-order chi connectivity index (χ1) is 10.2. The Hall–Kier alpha value is -2.18. The Kier molecular flexibility index (Phi) is 5.08. The van der Waals surface area contributed by atoms with Crippen molar-refractivity contribution in [1.29, 1.82) is 0 Å². The molecule has 0 bridgehead atoms. The first kappa shape index (κ1) is 15.2. The van der Waals surface area contributed by atoms with Crippen LogP contribution in [0, 0.1) is 0 Å². The summed E-state index contributed by atoms with van der Waals surface area (Å²) in [6.45, 7) is 4.95. The number of carbonyl (C=O) groups excluding carboxylic acids is 1. The Morgan fingerprint density at radius 1 is 1.33 bits per heavy atom. The van der Waals surface area contributed by atoms with Gasteiger partial charge < -0.3 is 9.30 Å². The molecule has 2 aromatic rings. The highest BCUT2D eigenvalue weighted by Crippen LogP contribution is 2.22. The van der Waals surface area contributed by atoms with Crippen LogP contribution in [-0.2, 0) is 18.3 Å². The summed E-state index contributed by atoms with van der Waals surface area (Å²) < 4.78 is 8.67. The van der Waals surface area contributed by atoms with E-state index in [9.17, 15) is 4.79 Å². The molecule has 0 saturated heterocycles. The number of aryl methyl sites for hydroxylation is 2. The van der Waals surface area contributed by atoms with Gasteiger partial charge in [-0.05, 0) is 13.3 Å². The topological polar surface area (TPSA) is 74.8 Å². The molecule has 0 aromatic carbocycles. The number of unbranched alkanes of at least 4 members (excludes halogenated alkanes) is 2. The van der Waals surface area contributed by atoms with Crippen LogP contribution in [0.25, 0.3) is 11.4 Å². The first-order valence-corrected chi connectivity index (χ1v) is 7.26. The van der Waals surface area contributed by atoms with Crippen LogP contribution in [0.5, 0.6) is 0 Å². The molecule has 2 rings (SSSR count). The number of esters is 1. The Morgan fingerprint density at radius 2 is 2.14 bits per heavy atom. The Balaban J connectivity index is 2.38. The van der Waals surface area contributed by atoms with E-state index in [4.69, 9.17) is 4.74 Å². The maximum atomic E-state index is 12.0. The lowest BCUT2D eigenvalue weighted by atomic mass is 10.2. The summed E-state index contributed by atoms with van der Waals surface area (Å²) in [5.41, 5.74) is 1.72. The van der Waals surface area contributed by atoms with Crippen molar-refractivity contribution in [2.75, 3.05) is 6.61 Å². The Bertz CT molecular complexity index is 602. The monoisotopic (exact) mass is 291 g/mol. The van der Waals surface area contributed by atoms with Crippen LogP contribution in [0.4, 0.5) is 0 Å². The zero-order valence-corrected chi connectivity index (χ0v) is 12.7. The van der Waals surface area contributed by atoms with E-state index in [-0.39, 0.29) is 5.69 Å². The van der Waals surface area contributed by atoms with E-state index in [0.29, 0.717) is 12.3 Å². The fourth-order valence-corrected chi connectivity index (χ4v) is 2.16. The van der Waals surface area contributed by atoms with E-state index < -0.39 is 5.97 Å². The molecule has 0 aliphatic carbocycles. The van der Waals surface area contributed by atoms with Crippen molar-refractivity contribution in [2.45, 2.75) is 39.7 Å². The average Bonchev–Trinajstić information content (AvgIpc) is 3.05. The number of aromatic nitrogens is 5. The van der Waals surface area contributed by atoms with Crippen LogP contribution in [0.15, 0.2) is 12.5 Å². The lowest BCUT2D eigenvalue weighted by Crippen LogP contribution is -2.10. The van der Waals surface area contributed by atoms with E-state index in [1.165, 1.54) is 0 Å². The molecule has 2 aromatic heterocycles. The molecule has 2 heterocycles. The maximum absolute atomic E-state index is 12.0. The summed E-state index contributed by atoms with van der Waals surface area (Å²) in [4.78, 5) is 16.2. The third-order valence-corrected chi connectivity index (χ3v) is 3.24. The SMILES string of the molecule is CCCCCn1nnc(C(=O)OCC)c1-c1cncn1C. The third kappa shape index (κ3) is 3.29. The normalized spacial score (nSPS) is 10.8. The van der Waals surface area contributed by atoms with Crippen molar-refractivity contribution < 1.29 is 9.53 Å². The summed E-state index contributed by atoms with van der Waals surface area (Å²) in [6, 6.07) is 0. The van der Waals surface area contributed by atoms with Gasteiger partial charge in [-0.2, -0.15) is 0 Å². The number of ether oxygens (including phenoxy) is 1. The van der Waals surface area contributed by atoms with Crippen molar-refractivity contribution >= 4 is 5.97 Å². The molecule has 7 nitrogen and oxygen atoms in total. The minimum Gasteiger partial charge on any atom is -0.461 e. The summed E-state index contributed by atoms with van der Waals surface area (Å²) in [7, 11) is 1.88. The number of nitrogens with zero attached hydrogens (tertiary/aromatic N) is 5. The van der Waals surface area contributed by atoms with E-state index >= 15 is 0 Å². The van der Waals surface area contributed by atoms with E-state index in [1.807, 2.05) is 11.6 Å². The smallest absolute Gasteiger partial charge is 0.361 e. The minimum atomic E-state index is -0.449. The molecule has 7 heteroatoms. The van der Waals surface area contributed by atoms with Gasteiger partial charge in [0.25, 0.3) is 0 Å². The van der Waals surface area contributed by atoms with Gasteiger partial charge in [-0.3, -0.25) is 0 Å². The third-order valence-electron chi connectivity index (χ3n) is 3.24. The maximum Gasteiger partial charge on any atom is 0.361 e. The van der Waals surface area contributed by atoms with Crippen molar-refractivity contribution in [2.24, 2.45) is 7.05 Å². The Labute approximate surface area is 123 Å². The largest absolute Gasteiger partial charge is 0.461 e. The van der Waals surface area contributed by atoms with Gasteiger partial charge in [-0.1, -0.05) is 25.0 Å². The highest BCUT2D eigenvalue weighted by Gasteiger charge is 2.23. The van der Waals surface area contributed by atoms with Gasteiger partial charge >= 0.3 is 5.97 Å². The molecule has 0 N–H and O–H groups in total. The van der Waals surface area contributed by atoms with Gasteiger partial charge in [0.15, 0.2) is 5.69 Å². The molecule has 0 unspecified atom stereocenters. The molecule has 114 valence electrons. The van der Waals surface area contributed by atoms with Crippen LogP contribution >= 0.6 is 0 Å². The highest BCUT2D eigenvalue weighted by molar-refractivity contribution is 5.93. The van der Waals surface area contributed by atoms with Crippen molar-refractivity contribution in [3.05, 3.63) is 18.2 Å². The van der Waals surface area contributed by atoms with Gasteiger partial charge in [0.05, 0.1) is 24.8 Å². The zero-order chi connectivity index (χ0) is 15.2. The van der Waals surface area contributed by atoms with Gasteiger partial charge in [-0.25, -0.2) is 14.5 Å². The quantitative estimate of drug-likeness (QED) is 0.576. The fraction of sp³-hybridized carbons (Fsp3) is 0.571. The second-order valence-corrected chi connectivity index (χ2v) is 4.83. The van der Waals surface area contributed by atoms with Gasteiger partial charge in [0, 0.05) is 13.6 Å². The molecule has 0 spiro atoms. The summed E-state index contributed by atoms with van der Waals surface area (Å²) in [6.07, 6.45) is 6.62. The van der Waals surface area contributed by atoms with Crippen molar-refractivity contribution in [3.63, 3.8) is 0 Å². The van der Waals surface area contributed by atoms with Crippen LogP contribution in [0.3, 0.4) is 0 Å². The number of imidazole rings is 1. The average molecular weight is 291 g/mol. The van der Waals surface area contributed by atoms with Gasteiger partial charge in [0.2, 0.25) is 0 Å². The number of hydrogen-bond acceptors (Lipinski definition) is 5. The molecule has 0 aliphatic heterocycles. The highest BCUT2D eigenvalue weighted by atomic mass is 16.5. The molecule has 0 fully saturated rings. The second-order valence-electron chi connectivity index (χ2n) is 4.83. The summed E-state index contributed by atoms with van der Waals surface area (Å²) in [5, 5.41) is 8.12. The summed E-state index contributed by atoms with van der Waals surface area (Å²) in [5.74, 6) is -0.449. The van der Waals surface area contributed by atoms with Crippen LogP contribution in [0.2, 0.25) is 0 Å². The van der Waals surface area contributed by atoms with Crippen molar-refractivity contribution in [1.82, 2.24) is 24.5 Å². The van der Waals surface area contributed by atoms with E-state index in [2.05, 4.69) is 22.2 Å². The molecule has 21 heavy (non-hydrogen) atoms. The molecule has 0 radical (unpaired) electrons. The lowest BCUT2D eigenvalue weighted by molar-refractivity contribution is 0.0520. The predicted molar refractivity (Wildman–Crippen MR) is 77.7 cm³/mol. The number of rotatable bonds is 7. The first-order valence-electron chi connectivity index (χ1n) is 7.26. The molecule has 0 atom stereocenters. The minimum absolute atomic E-state index is 0.247. The molecule has 0 amide bonds. The molecule has 0 saturated carbocycles. The van der Waals surface area contributed by atoms with E-state index in [1.54, 1.807) is 24.1 Å². The second kappa shape index (κ2) is 7.01. The van der Waals surface area contributed by atoms with Crippen LogP contribution in [0.1, 0.15) is 43.6 Å². The summed E-state index contributed by atoms with van der Waals surface area (Å²) >= 11 is 0. The molecule has 0 aliphatic rings. The van der Waals surface area contributed by atoms with Crippen LogP contribution in [-0.4, -0.2) is 37.1 Å². The lowest BCUT2D eigenvalue weighted by Gasteiger charge is -2.08. The van der Waals surface area contributed by atoms with Crippen LogP contribution < -0.4 is 0 Å². The number of hydrogen-bond donors (Lipinski definition) is 0. The molecular formula is C14H21N5O2. The van der Waals surface area contributed by atoms with Gasteiger partial charge in [0.1, 0.15) is 5.69 Å². The Morgan fingerprint density at radius 3 is 2.76 bits per heavy atom. The number of carbonyl (C=O) groups is 1.